The third kappa shape index (κ3) is 3.33. The first-order valence-corrected chi connectivity index (χ1v) is 6.70. The molecular weight excluding hydrogens is 323 g/mol. The molecule has 4 nitrogen and oxygen atoms in total. The average molecular weight is 328 g/mol. The predicted molar refractivity (Wildman–Crippen MR) is 62.1 cm³/mol. The first kappa shape index (κ1) is 13.2. The second kappa shape index (κ2) is 4.99. The van der Waals surface area contributed by atoms with Crippen LogP contribution in [0.15, 0.2) is 16.6 Å². The summed E-state index contributed by atoms with van der Waals surface area (Å²) >= 11 is 8.63. The van der Waals surface area contributed by atoms with Crippen LogP contribution in [0.4, 0.5) is 10.1 Å². The minimum atomic E-state index is -3.79. The van der Waals surface area contributed by atoms with Crippen LogP contribution in [0.25, 0.3) is 0 Å². The van der Waals surface area contributed by atoms with Crippen molar-refractivity contribution < 1.29 is 12.8 Å². The van der Waals surface area contributed by atoms with Gasteiger partial charge in [-0.2, -0.15) is 5.26 Å². The summed E-state index contributed by atoms with van der Waals surface area (Å²) in [5.41, 5.74) is 0.0123. The van der Waals surface area contributed by atoms with Crippen LogP contribution in [-0.2, 0) is 10.0 Å². The Morgan fingerprint density at radius 1 is 1.56 bits per heavy atom. The number of benzene rings is 1. The number of rotatable bonds is 3. The van der Waals surface area contributed by atoms with E-state index in [0.29, 0.717) is 0 Å². The number of anilines is 1. The number of sulfonamides is 1. The molecule has 8 heteroatoms. The highest BCUT2D eigenvalue weighted by Crippen LogP contribution is 2.32. The van der Waals surface area contributed by atoms with E-state index >= 15 is 0 Å². The molecule has 0 aliphatic rings. The van der Waals surface area contributed by atoms with Crippen LogP contribution >= 0.6 is 27.5 Å². The van der Waals surface area contributed by atoms with Crippen molar-refractivity contribution in [2.45, 2.75) is 0 Å². The summed E-state index contributed by atoms with van der Waals surface area (Å²) in [6.45, 7) is 0. The van der Waals surface area contributed by atoms with Crippen LogP contribution in [0.3, 0.4) is 0 Å². The summed E-state index contributed by atoms with van der Waals surface area (Å²) < 4.78 is 37.7. The lowest BCUT2D eigenvalue weighted by Crippen LogP contribution is -2.16. The summed E-state index contributed by atoms with van der Waals surface area (Å²) in [5, 5.41) is 8.20. The third-order valence-electron chi connectivity index (χ3n) is 1.52. The summed E-state index contributed by atoms with van der Waals surface area (Å²) in [6.07, 6.45) is 0. The summed E-state index contributed by atoms with van der Waals surface area (Å²) in [4.78, 5) is 0. The lowest BCUT2D eigenvalue weighted by Gasteiger charge is -2.09. The molecule has 0 unspecified atom stereocenters. The number of nitrogens with one attached hydrogen (secondary N) is 1. The molecule has 0 saturated carbocycles. The smallest absolute Gasteiger partial charge is 0.246 e. The van der Waals surface area contributed by atoms with E-state index in [2.05, 4.69) is 20.7 Å². The quantitative estimate of drug-likeness (QED) is 0.927. The van der Waals surface area contributed by atoms with Crippen molar-refractivity contribution in [1.29, 1.82) is 5.26 Å². The van der Waals surface area contributed by atoms with Crippen LogP contribution < -0.4 is 4.72 Å². The number of halogens is 3. The van der Waals surface area contributed by atoms with Crippen molar-refractivity contribution in [3.05, 3.63) is 27.4 Å². The molecule has 0 aliphatic carbocycles. The molecule has 16 heavy (non-hydrogen) atoms. The molecule has 0 saturated heterocycles. The van der Waals surface area contributed by atoms with Gasteiger partial charge in [-0.1, -0.05) is 11.6 Å². The van der Waals surface area contributed by atoms with Gasteiger partial charge in [-0.15, -0.1) is 0 Å². The van der Waals surface area contributed by atoms with Crippen molar-refractivity contribution in [2.75, 3.05) is 10.5 Å². The Balaban J connectivity index is 3.13. The van der Waals surface area contributed by atoms with Crippen LogP contribution in [0.2, 0.25) is 5.02 Å². The average Bonchev–Trinajstić information content (AvgIpc) is 2.11. The molecule has 0 atom stereocenters. The van der Waals surface area contributed by atoms with Gasteiger partial charge in [0.1, 0.15) is 5.82 Å². The molecule has 0 aliphatic heterocycles. The number of nitrogens with zero attached hydrogens (tertiary/aromatic N) is 1. The fourth-order valence-corrected chi connectivity index (χ4v) is 2.78. The van der Waals surface area contributed by atoms with Crippen LogP contribution in [0.1, 0.15) is 0 Å². The Morgan fingerprint density at radius 3 is 2.69 bits per heavy atom. The van der Waals surface area contributed by atoms with Crippen molar-refractivity contribution in [2.24, 2.45) is 0 Å². The van der Waals surface area contributed by atoms with E-state index in [4.69, 9.17) is 16.9 Å². The maximum atomic E-state index is 12.8. The largest absolute Gasteiger partial charge is 0.280 e. The van der Waals surface area contributed by atoms with Gasteiger partial charge in [0.2, 0.25) is 10.0 Å². The topological polar surface area (TPSA) is 70.0 Å². The van der Waals surface area contributed by atoms with E-state index in [9.17, 15) is 12.8 Å². The zero-order chi connectivity index (χ0) is 12.3. The minimum Gasteiger partial charge on any atom is -0.280 e. The van der Waals surface area contributed by atoms with Crippen molar-refractivity contribution in [3.63, 3.8) is 0 Å². The molecule has 0 bridgehead atoms. The molecule has 0 spiro atoms. The summed E-state index contributed by atoms with van der Waals surface area (Å²) in [7, 11) is -3.79. The predicted octanol–water partition coefficient (Wildman–Crippen LogP) is 2.51. The normalized spacial score (nSPS) is 10.9. The molecule has 0 heterocycles. The molecular formula is C8H5BrClFN2O2S. The molecule has 86 valence electrons. The van der Waals surface area contributed by atoms with Crippen molar-refractivity contribution in [3.8, 4) is 6.07 Å². The number of hydrogen-bond donors (Lipinski definition) is 1. The van der Waals surface area contributed by atoms with Gasteiger partial charge in [0.15, 0.2) is 5.75 Å². The highest BCUT2D eigenvalue weighted by atomic mass is 79.9. The van der Waals surface area contributed by atoms with Crippen LogP contribution in [-0.4, -0.2) is 14.2 Å². The van der Waals surface area contributed by atoms with E-state index in [0.717, 1.165) is 12.1 Å². The molecule has 0 amide bonds. The second-order valence-corrected chi connectivity index (χ2v) is 5.75. The van der Waals surface area contributed by atoms with Gasteiger partial charge in [0, 0.05) is 4.47 Å². The Morgan fingerprint density at radius 2 is 2.19 bits per heavy atom. The first-order valence-electron chi connectivity index (χ1n) is 3.87. The standard InChI is InChI=1S/C8H5BrClFN2O2S/c9-6-3-5(11)4-7(10)8(6)13-16(14,15)2-1-12/h3-4,13H,2H2. The van der Waals surface area contributed by atoms with Crippen molar-refractivity contribution in [1.82, 2.24) is 0 Å². The lowest BCUT2D eigenvalue weighted by molar-refractivity contribution is 0.604. The van der Waals surface area contributed by atoms with Crippen LogP contribution in [0.5, 0.6) is 0 Å². The molecule has 1 aromatic carbocycles. The van der Waals surface area contributed by atoms with E-state index in [1.807, 2.05) is 0 Å². The molecule has 0 aromatic heterocycles. The fourth-order valence-electron chi connectivity index (χ4n) is 0.916. The zero-order valence-corrected chi connectivity index (χ0v) is 10.8. The summed E-state index contributed by atoms with van der Waals surface area (Å²) in [6, 6.07) is 3.53. The Bertz CT molecular complexity index is 533. The van der Waals surface area contributed by atoms with E-state index in [1.165, 1.54) is 6.07 Å². The fraction of sp³-hybridized carbons (Fsp3) is 0.125. The SMILES string of the molecule is N#CCS(=O)(=O)Nc1c(Cl)cc(F)cc1Br. The molecule has 0 radical (unpaired) electrons. The van der Waals surface area contributed by atoms with Gasteiger partial charge in [-0.05, 0) is 28.1 Å². The monoisotopic (exact) mass is 326 g/mol. The first-order chi connectivity index (χ1) is 7.35. The summed E-state index contributed by atoms with van der Waals surface area (Å²) in [5.74, 6) is -1.30. The Labute approximate surface area is 105 Å². The van der Waals surface area contributed by atoms with E-state index in [-0.39, 0.29) is 15.2 Å². The molecule has 1 aromatic rings. The van der Waals surface area contributed by atoms with Gasteiger partial charge in [-0.3, -0.25) is 4.72 Å². The molecule has 1 rings (SSSR count). The molecule has 1 N–H and O–H groups in total. The number of hydrogen-bond acceptors (Lipinski definition) is 3. The van der Waals surface area contributed by atoms with Crippen LogP contribution in [0, 0.1) is 17.1 Å². The number of nitriles is 1. The van der Waals surface area contributed by atoms with Gasteiger partial charge in [0.05, 0.1) is 16.8 Å². The van der Waals surface area contributed by atoms with Gasteiger partial charge < -0.3 is 0 Å². The zero-order valence-electron chi connectivity index (χ0n) is 7.67. The van der Waals surface area contributed by atoms with Gasteiger partial charge in [-0.25, -0.2) is 12.8 Å². The van der Waals surface area contributed by atoms with E-state index < -0.39 is 21.6 Å². The maximum Gasteiger partial charge on any atom is 0.246 e. The lowest BCUT2D eigenvalue weighted by atomic mass is 10.3. The Kier molecular flexibility index (Phi) is 4.13. The van der Waals surface area contributed by atoms with Gasteiger partial charge >= 0.3 is 0 Å². The maximum absolute atomic E-state index is 12.8. The second-order valence-electron chi connectivity index (χ2n) is 2.76. The van der Waals surface area contributed by atoms with Gasteiger partial charge in [0.25, 0.3) is 0 Å². The minimum absolute atomic E-state index is 0.0123. The third-order valence-corrected chi connectivity index (χ3v) is 3.47. The van der Waals surface area contributed by atoms with E-state index in [1.54, 1.807) is 0 Å². The van der Waals surface area contributed by atoms with Crippen molar-refractivity contribution >= 4 is 43.2 Å². The highest BCUT2D eigenvalue weighted by molar-refractivity contribution is 9.10. The molecule has 0 fully saturated rings. The highest BCUT2D eigenvalue weighted by Gasteiger charge is 2.15. The Hall–Kier alpha value is -0.840.